The van der Waals surface area contributed by atoms with E-state index < -0.39 is 0 Å². The summed E-state index contributed by atoms with van der Waals surface area (Å²) < 4.78 is 4.14. The summed E-state index contributed by atoms with van der Waals surface area (Å²) in [7, 11) is 0. The van der Waals surface area contributed by atoms with Crippen LogP contribution in [0.4, 0.5) is 5.95 Å². The summed E-state index contributed by atoms with van der Waals surface area (Å²) in [6, 6.07) is 10.5. The van der Waals surface area contributed by atoms with Gasteiger partial charge >= 0.3 is 0 Å². The number of halogens is 2. The van der Waals surface area contributed by atoms with Crippen LogP contribution in [-0.2, 0) is 6.54 Å². The predicted octanol–water partition coefficient (Wildman–Crippen LogP) is 4.81. The van der Waals surface area contributed by atoms with Gasteiger partial charge in [-0.2, -0.15) is 0 Å². The normalized spacial score (nSPS) is 11.2. The molecule has 0 saturated heterocycles. The summed E-state index contributed by atoms with van der Waals surface area (Å²) in [5, 5.41) is 0. The van der Waals surface area contributed by atoms with Gasteiger partial charge in [-0.3, -0.25) is 0 Å². The van der Waals surface area contributed by atoms with E-state index in [0.717, 1.165) is 20.0 Å². The van der Waals surface area contributed by atoms with Gasteiger partial charge in [0.2, 0.25) is 5.95 Å². The number of benzene rings is 2. The van der Waals surface area contributed by atoms with Crippen LogP contribution >= 0.6 is 31.9 Å². The number of rotatable bonds is 2. The number of aryl methyl sites for hydroxylation is 2. The van der Waals surface area contributed by atoms with Crippen LogP contribution in [-0.4, -0.2) is 9.55 Å². The van der Waals surface area contributed by atoms with Crippen LogP contribution in [0.1, 0.15) is 16.7 Å². The van der Waals surface area contributed by atoms with Crippen LogP contribution in [0.25, 0.3) is 11.0 Å². The minimum absolute atomic E-state index is 0.547. The molecule has 0 bridgehead atoms. The van der Waals surface area contributed by atoms with Crippen molar-refractivity contribution in [2.75, 3.05) is 5.73 Å². The molecule has 0 aliphatic carbocycles. The van der Waals surface area contributed by atoms with Crippen molar-refractivity contribution in [3.8, 4) is 0 Å². The van der Waals surface area contributed by atoms with E-state index in [2.05, 4.69) is 79.5 Å². The monoisotopic (exact) mass is 407 g/mol. The summed E-state index contributed by atoms with van der Waals surface area (Å²) >= 11 is 7.04. The highest BCUT2D eigenvalue weighted by molar-refractivity contribution is 9.11. The van der Waals surface area contributed by atoms with Gasteiger partial charge in [0, 0.05) is 8.95 Å². The van der Waals surface area contributed by atoms with Gasteiger partial charge in [-0.15, -0.1) is 0 Å². The molecule has 3 rings (SSSR count). The van der Waals surface area contributed by atoms with E-state index in [-0.39, 0.29) is 0 Å². The maximum absolute atomic E-state index is 6.11. The first-order chi connectivity index (χ1) is 9.94. The Labute approximate surface area is 140 Å². The molecule has 0 atom stereocenters. The van der Waals surface area contributed by atoms with E-state index in [4.69, 9.17) is 5.73 Å². The average Bonchev–Trinajstić information content (AvgIpc) is 2.65. The quantitative estimate of drug-likeness (QED) is 0.661. The molecule has 0 aliphatic heterocycles. The van der Waals surface area contributed by atoms with Crippen LogP contribution in [0.5, 0.6) is 0 Å². The number of nitrogens with zero attached hydrogens (tertiary/aromatic N) is 2. The zero-order valence-corrected chi connectivity index (χ0v) is 15.0. The van der Waals surface area contributed by atoms with E-state index >= 15 is 0 Å². The van der Waals surface area contributed by atoms with E-state index in [1.54, 1.807) is 0 Å². The molecule has 21 heavy (non-hydrogen) atoms. The summed E-state index contributed by atoms with van der Waals surface area (Å²) in [6.07, 6.45) is 0. The average molecular weight is 409 g/mol. The number of aromatic nitrogens is 2. The first kappa shape index (κ1) is 14.6. The van der Waals surface area contributed by atoms with Gasteiger partial charge in [0.05, 0.1) is 17.6 Å². The summed E-state index contributed by atoms with van der Waals surface area (Å²) in [4.78, 5) is 4.47. The number of hydrogen-bond acceptors (Lipinski definition) is 2. The van der Waals surface area contributed by atoms with Crippen molar-refractivity contribution in [1.82, 2.24) is 9.55 Å². The van der Waals surface area contributed by atoms with Gasteiger partial charge in [-0.1, -0.05) is 31.9 Å². The second-order valence-electron chi connectivity index (χ2n) is 5.26. The standard InChI is InChI=1S/C16H15Br2N3/c1-9-3-14-15(4-10(9)2)21(16(19)20-14)8-11-5-12(17)7-13(18)6-11/h3-7H,8H2,1-2H3,(H2,19,20). The lowest BCUT2D eigenvalue weighted by atomic mass is 10.1. The SMILES string of the molecule is Cc1cc2nc(N)n(Cc3cc(Br)cc(Br)c3)c2cc1C. The molecule has 0 aliphatic rings. The van der Waals surface area contributed by atoms with Gasteiger partial charge in [0.1, 0.15) is 0 Å². The third-order valence-corrected chi connectivity index (χ3v) is 4.57. The summed E-state index contributed by atoms with van der Waals surface area (Å²) in [5.74, 6) is 0.547. The lowest BCUT2D eigenvalue weighted by molar-refractivity contribution is 0.837. The lowest BCUT2D eigenvalue weighted by Gasteiger charge is -2.09. The number of nitrogen functional groups attached to an aromatic ring is 1. The number of imidazole rings is 1. The first-order valence-electron chi connectivity index (χ1n) is 6.62. The van der Waals surface area contributed by atoms with Crippen LogP contribution < -0.4 is 5.73 Å². The Bertz CT molecular complexity index is 817. The molecule has 1 heterocycles. The molecule has 0 fully saturated rings. The Morgan fingerprint density at radius 2 is 1.62 bits per heavy atom. The lowest BCUT2D eigenvalue weighted by Crippen LogP contribution is -2.04. The van der Waals surface area contributed by atoms with Crippen LogP contribution in [0.3, 0.4) is 0 Å². The van der Waals surface area contributed by atoms with E-state index in [1.165, 1.54) is 16.7 Å². The van der Waals surface area contributed by atoms with Gasteiger partial charge in [-0.05, 0) is 60.9 Å². The molecule has 2 N–H and O–H groups in total. The van der Waals surface area contributed by atoms with Crippen molar-refractivity contribution >= 4 is 48.8 Å². The molecule has 5 heteroatoms. The number of anilines is 1. The maximum atomic E-state index is 6.11. The van der Waals surface area contributed by atoms with Crippen molar-refractivity contribution < 1.29 is 0 Å². The van der Waals surface area contributed by atoms with E-state index in [1.807, 2.05) is 6.07 Å². The molecule has 0 saturated carbocycles. The molecule has 3 nitrogen and oxygen atoms in total. The van der Waals surface area contributed by atoms with Crippen molar-refractivity contribution in [1.29, 1.82) is 0 Å². The van der Waals surface area contributed by atoms with Crippen molar-refractivity contribution in [3.05, 3.63) is 56.0 Å². The number of fused-ring (bicyclic) bond motifs is 1. The van der Waals surface area contributed by atoms with Crippen molar-refractivity contribution in [3.63, 3.8) is 0 Å². The van der Waals surface area contributed by atoms with Crippen LogP contribution in [0, 0.1) is 13.8 Å². The molecular formula is C16H15Br2N3. The maximum Gasteiger partial charge on any atom is 0.201 e. The van der Waals surface area contributed by atoms with Gasteiger partial charge in [-0.25, -0.2) is 4.98 Å². The molecule has 0 radical (unpaired) electrons. The minimum atomic E-state index is 0.547. The van der Waals surface area contributed by atoms with Gasteiger partial charge < -0.3 is 10.3 Å². The molecule has 1 aromatic heterocycles. The molecule has 0 spiro atoms. The molecule has 0 amide bonds. The Morgan fingerprint density at radius 1 is 1.00 bits per heavy atom. The third kappa shape index (κ3) is 2.85. The van der Waals surface area contributed by atoms with Gasteiger partial charge in [0.25, 0.3) is 0 Å². The first-order valence-corrected chi connectivity index (χ1v) is 8.20. The molecule has 2 aromatic carbocycles. The molecule has 3 aromatic rings. The Balaban J connectivity index is 2.11. The van der Waals surface area contributed by atoms with Crippen molar-refractivity contribution in [2.24, 2.45) is 0 Å². The topological polar surface area (TPSA) is 43.8 Å². The molecular weight excluding hydrogens is 394 g/mol. The van der Waals surface area contributed by atoms with Crippen LogP contribution in [0.15, 0.2) is 39.3 Å². The number of nitrogens with two attached hydrogens (primary N) is 1. The summed E-state index contributed by atoms with van der Waals surface area (Å²) in [5.41, 5.74) is 11.8. The fourth-order valence-corrected chi connectivity index (χ4v) is 3.84. The highest BCUT2D eigenvalue weighted by atomic mass is 79.9. The Morgan fingerprint density at radius 3 is 2.29 bits per heavy atom. The fourth-order valence-electron chi connectivity index (χ4n) is 2.45. The zero-order valence-electron chi connectivity index (χ0n) is 11.8. The van der Waals surface area contributed by atoms with E-state index in [9.17, 15) is 0 Å². The summed E-state index contributed by atoms with van der Waals surface area (Å²) in [6.45, 7) is 4.90. The largest absolute Gasteiger partial charge is 0.369 e. The molecule has 108 valence electrons. The zero-order chi connectivity index (χ0) is 15.1. The van der Waals surface area contributed by atoms with E-state index in [0.29, 0.717) is 12.5 Å². The Kier molecular flexibility index (Phi) is 3.80. The smallest absolute Gasteiger partial charge is 0.201 e. The van der Waals surface area contributed by atoms with Crippen molar-refractivity contribution in [2.45, 2.75) is 20.4 Å². The predicted molar refractivity (Wildman–Crippen MR) is 94.6 cm³/mol. The van der Waals surface area contributed by atoms with Crippen LogP contribution in [0.2, 0.25) is 0 Å². The molecule has 0 unspecified atom stereocenters. The number of hydrogen-bond donors (Lipinski definition) is 1. The second kappa shape index (κ2) is 5.46. The highest BCUT2D eigenvalue weighted by Crippen LogP contribution is 2.25. The fraction of sp³-hybridized carbons (Fsp3) is 0.188. The Hall–Kier alpha value is -1.33. The van der Waals surface area contributed by atoms with Gasteiger partial charge in [0.15, 0.2) is 0 Å². The second-order valence-corrected chi connectivity index (χ2v) is 7.09. The minimum Gasteiger partial charge on any atom is -0.369 e. The third-order valence-electron chi connectivity index (χ3n) is 3.66. The highest BCUT2D eigenvalue weighted by Gasteiger charge is 2.10.